The first-order chi connectivity index (χ1) is 22.2. The molecule has 2 amide bonds. The van der Waals surface area contributed by atoms with Crippen LogP contribution in [0.25, 0.3) is 10.9 Å². The van der Waals surface area contributed by atoms with E-state index < -0.39 is 46.5 Å². The second-order valence-corrected chi connectivity index (χ2v) is 11.4. The molecule has 1 atom stereocenters. The fourth-order valence-corrected chi connectivity index (χ4v) is 5.98. The van der Waals surface area contributed by atoms with E-state index in [9.17, 15) is 36.6 Å². The Morgan fingerprint density at radius 1 is 0.979 bits per heavy atom. The zero-order chi connectivity index (χ0) is 33.8. The highest BCUT2D eigenvalue weighted by Crippen LogP contribution is 2.51. The fourth-order valence-electron chi connectivity index (χ4n) is 5.57. The van der Waals surface area contributed by atoms with Crippen molar-refractivity contribution in [2.45, 2.75) is 18.4 Å². The topological polar surface area (TPSA) is 91.8 Å². The van der Waals surface area contributed by atoms with Crippen molar-refractivity contribution in [2.24, 2.45) is 0 Å². The molecule has 0 saturated carbocycles. The number of pyridine rings is 1. The number of hydrogen-bond donors (Lipinski definition) is 2. The zero-order valence-electron chi connectivity index (χ0n) is 23.9. The van der Waals surface area contributed by atoms with E-state index >= 15 is 0 Å². The number of aliphatic hydroxyl groups is 1. The Labute approximate surface area is 273 Å². The van der Waals surface area contributed by atoms with Crippen LogP contribution in [0.2, 0.25) is 10.2 Å². The van der Waals surface area contributed by atoms with Crippen LogP contribution in [-0.2, 0) is 18.4 Å². The lowest BCUT2D eigenvalue weighted by molar-refractivity contribution is -0.137. The molecule has 5 aromatic rings. The van der Waals surface area contributed by atoms with Gasteiger partial charge in [0.2, 0.25) is 0 Å². The highest BCUT2D eigenvalue weighted by Gasteiger charge is 2.53. The van der Waals surface area contributed by atoms with Gasteiger partial charge in [0.15, 0.2) is 5.72 Å². The quantitative estimate of drug-likeness (QED) is 0.140. The number of methoxy groups -OCH3 is 1. The van der Waals surface area contributed by atoms with Crippen LogP contribution < -0.4 is 10.1 Å². The summed E-state index contributed by atoms with van der Waals surface area (Å²) in [6.45, 7) is -0.268. The van der Waals surface area contributed by atoms with E-state index in [1.807, 2.05) is 0 Å². The maximum Gasteiger partial charge on any atom is 0.416 e. The molecule has 4 aromatic carbocycles. The summed E-state index contributed by atoms with van der Waals surface area (Å²) in [5.74, 6) is -3.63. The van der Waals surface area contributed by atoms with Crippen LogP contribution in [0.5, 0.6) is 5.75 Å². The van der Waals surface area contributed by atoms with Gasteiger partial charge >= 0.3 is 6.18 Å². The molecule has 1 aliphatic heterocycles. The molecule has 7 nitrogen and oxygen atoms in total. The zero-order valence-corrected chi connectivity index (χ0v) is 25.4. The van der Waals surface area contributed by atoms with Gasteiger partial charge in [0, 0.05) is 33.6 Å². The van der Waals surface area contributed by atoms with Crippen molar-refractivity contribution in [3.05, 3.63) is 134 Å². The Morgan fingerprint density at radius 3 is 2.38 bits per heavy atom. The molecule has 0 bridgehead atoms. The normalized spacial score (nSPS) is 16.0. The lowest BCUT2D eigenvalue weighted by Crippen LogP contribution is -2.44. The number of aromatic nitrogens is 1. The summed E-state index contributed by atoms with van der Waals surface area (Å²) in [5, 5.41) is 15.1. The molecule has 0 radical (unpaired) electrons. The van der Waals surface area contributed by atoms with Crippen LogP contribution >= 0.6 is 23.2 Å². The summed E-state index contributed by atoms with van der Waals surface area (Å²) in [4.78, 5) is 33.1. The molecule has 1 unspecified atom stereocenters. The van der Waals surface area contributed by atoms with E-state index in [4.69, 9.17) is 27.9 Å². The maximum atomic E-state index is 14.8. The van der Waals surface area contributed by atoms with Gasteiger partial charge in [0.1, 0.15) is 22.5 Å². The molecule has 2 heterocycles. The number of carbonyl (C=O) groups excluding carboxylic acids is 2. The predicted molar refractivity (Wildman–Crippen MR) is 163 cm³/mol. The summed E-state index contributed by atoms with van der Waals surface area (Å²) in [6, 6.07) is 15.0. The van der Waals surface area contributed by atoms with Crippen molar-refractivity contribution in [1.29, 1.82) is 0 Å². The van der Waals surface area contributed by atoms with Crippen LogP contribution in [0.15, 0.2) is 78.9 Å². The minimum atomic E-state index is -4.97. The standard InChI is InChI=1S/C33H20Cl2F5N3O4/c1-47-21-5-2-16(3-6-21)15-43-31(45)28-22-7-9-27(35)41-25(22)14-26(29(28)32(43,46)23-13-19(36)4-8-24(23)34)42-30(44)17-10-18(33(38,39)40)12-20(37)11-17/h2-14,46H,15H2,1H3,(H,42,44). The van der Waals surface area contributed by atoms with Crippen molar-refractivity contribution in [3.8, 4) is 5.75 Å². The number of anilines is 1. The Morgan fingerprint density at radius 2 is 1.70 bits per heavy atom. The van der Waals surface area contributed by atoms with E-state index in [2.05, 4.69) is 10.3 Å². The molecule has 1 aromatic heterocycles. The Balaban J connectivity index is 1.60. The molecule has 0 fully saturated rings. The number of nitrogens with zero attached hydrogens (tertiary/aromatic N) is 2. The summed E-state index contributed by atoms with van der Waals surface area (Å²) < 4.78 is 74.6. The highest BCUT2D eigenvalue weighted by atomic mass is 35.5. The SMILES string of the molecule is COc1ccc(CN2C(=O)c3c(c(NC(=O)c4cc(F)cc(C(F)(F)F)c4)cc4nc(Cl)ccc34)C2(O)c2cc(F)ccc2Cl)cc1. The average Bonchev–Trinajstić information content (AvgIpc) is 3.24. The van der Waals surface area contributed by atoms with Gasteiger partial charge in [-0.25, -0.2) is 13.8 Å². The van der Waals surface area contributed by atoms with Crippen LogP contribution in [0.3, 0.4) is 0 Å². The van der Waals surface area contributed by atoms with Gasteiger partial charge in [-0.2, -0.15) is 13.2 Å². The molecular weight excluding hydrogens is 668 g/mol. The van der Waals surface area contributed by atoms with E-state index in [-0.39, 0.29) is 56.1 Å². The molecule has 2 N–H and O–H groups in total. The summed E-state index contributed by atoms with van der Waals surface area (Å²) >= 11 is 12.6. The molecule has 47 heavy (non-hydrogen) atoms. The molecule has 14 heteroatoms. The number of carbonyl (C=O) groups is 2. The van der Waals surface area contributed by atoms with Crippen LogP contribution in [0, 0.1) is 11.6 Å². The first-order valence-electron chi connectivity index (χ1n) is 13.7. The van der Waals surface area contributed by atoms with Gasteiger partial charge in [-0.15, -0.1) is 0 Å². The Hall–Kier alpha value is -4.78. The van der Waals surface area contributed by atoms with Gasteiger partial charge < -0.3 is 15.2 Å². The van der Waals surface area contributed by atoms with E-state index in [0.29, 0.717) is 23.4 Å². The number of fused-ring (bicyclic) bond motifs is 3. The third kappa shape index (κ3) is 5.73. The van der Waals surface area contributed by atoms with Crippen molar-refractivity contribution in [2.75, 3.05) is 12.4 Å². The minimum absolute atomic E-state index is 0.00125. The fraction of sp³-hybridized carbons (Fsp3) is 0.121. The molecule has 6 rings (SSSR count). The lowest BCUT2D eigenvalue weighted by Gasteiger charge is -2.36. The molecule has 0 saturated heterocycles. The number of ether oxygens (including phenoxy) is 1. The number of nitrogens with one attached hydrogen (secondary N) is 1. The molecular formula is C33H20Cl2F5N3O4. The van der Waals surface area contributed by atoms with Crippen LogP contribution in [0.1, 0.15) is 43.0 Å². The lowest BCUT2D eigenvalue weighted by atomic mass is 9.89. The number of halogens is 7. The Kier molecular flexibility index (Phi) is 8.07. The second-order valence-electron chi connectivity index (χ2n) is 10.6. The molecule has 0 spiro atoms. The second kappa shape index (κ2) is 11.8. The van der Waals surface area contributed by atoms with Gasteiger partial charge in [0.05, 0.1) is 29.4 Å². The minimum Gasteiger partial charge on any atom is -0.497 e. The molecule has 240 valence electrons. The van der Waals surface area contributed by atoms with E-state index in [1.54, 1.807) is 24.3 Å². The van der Waals surface area contributed by atoms with Crippen molar-refractivity contribution in [3.63, 3.8) is 0 Å². The summed E-state index contributed by atoms with van der Waals surface area (Å²) in [5.41, 5.74) is -5.15. The average molecular weight is 688 g/mol. The van der Waals surface area contributed by atoms with Crippen molar-refractivity contribution >= 4 is 51.6 Å². The summed E-state index contributed by atoms with van der Waals surface area (Å²) in [6.07, 6.45) is -4.97. The van der Waals surface area contributed by atoms with Crippen molar-refractivity contribution < 1.29 is 41.4 Å². The van der Waals surface area contributed by atoms with Crippen LogP contribution in [-0.4, -0.2) is 33.9 Å². The smallest absolute Gasteiger partial charge is 0.416 e. The number of rotatable bonds is 6. The first-order valence-corrected chi connectivity index (χ1v) is 14.4. The third-order valence-electron chi connectivity index (χ3n) is 7.70. The maximum absolute atomic E-state index is 14.8. The van der Waals surface area contributed by atoms with Crippen molar-refractivity contribution in [1.82, 2.24) is 9.88 Å². The first kappa shape index (κ1) is 32.2. The third-order valence-corrected chi connectivity index (χ3v) is 8.24. The number of amides is 2. The van der Waals surface area contributed by atoms with E-state index in [0.717, 1.165) is 17.0 Å². The largest absolute Gasteiger partial charge is 0.497 e. The number of hydrogen-bond acceptors (Lipinski definition) is 5. The molecule has 0 aliphatic carbocycles. The van der Waals surface area contributed by atoms with Crippen LogP contribution in [0.4, 0.5) is 27.6 Å². The predicted octanol–water partition coefficient (Wildman–Crippen LogP) is 7.95. The summed E-state index contributed by atoms with van der Waals surface area (Å²) in [7, 11) is 1.47. The number of benzene rings is 4. The van der Waals surface area contributed by atoms with Gasteiger partial charge in [-0.05, 0) is 72.3 Å². The number of alkyl halides is 3. The van der Waals surface area contributed by atoms with Gasteiger partial charge in [-0.3, -0.25) is 14.5 Å². The van der Waals surface area contributed by atoms with E-state index in [1.165, 1.54) is 31.4 Å². The van der Waals surface area contributed by atoms with Gasteiger partial charge in [0.25, 0.3) is 11.8 Å². The van der Waals surface area contributed by atoms with Gasteiger partial charge in [-0.1, -0.05) is 35.3 Å². The Bertz CT molecular complexity index is 2090. The monoisotopic (exact) mass is 687 g/mol. The molecule has 1 aliphatic rings. The highest BCUT2D eigenvalue weighted by molar-refractivity contribution is 6.32.